The highest BCUT2D eigenvalue weighted by molar-refractivity contribution is 5.98. The van der Waals surface area contributed by atoms with Crippen molar-refractivity contribution in [2.75, 3.05) is 19.6 Å². The first kappa shape index (κ1) is 18.7. The van der Waals surface area contributed by atoms with E-state index >= 15 is 0 Å². The van der Waals surface area contributed by atoms with Crippen LogP contribution in [0.25, 0.3) is 10.8 Å². The fourth-order valence-electron chi connectivity index (χ4n) is 4.04. The van der Waals surface area contributed by atoms with Crippen molar-refractivity contribution in [2.24, 2.45) is 0 Å². The van der Waals surface area contributed by atoms with Crippen molar-refractivity contribution in [1.29, 1.82) is 0 Å². The van der Waals surface area contributed by atoms with Crippen LogP contribution in [0.5, 0.6) is 0 Å². The molecule has 3 aromatic carbocycles. The number of hydrogen-bond acceptors (Lipinski definition) is 2. The molecule has 0 aromatic heterocycles. The van der Waals surface area contributed by atoms with E-state index in [0.29, 0.717) is 6.04 Å². The molecule has 28 heavy (non-hydrogen) atoms. The number of fused-ring (bicyclic) bond motifs is 1. The number of benzene rings is 3. The number of aryl methyl sites for hydroxylation is 1. The molecule has 0 aliphatic carbocycles. The number of nitrogens with zero attached hydrogens (tertiary/aromatic N) is 1. The highest BCUT2D eigenvalue weighted by Crippen LogP contribution is 2.19. The van der Waals surface area contributed by atoms with Crippen LogP contribution in [-0.2, 0) is 6.42 Å². The van der Waals surface area contributed by atoms with Gasteiger partial charge in [-0.1, -0.05) is 60.7 Å². The topological polar surface area (TPSA) is 32.3 Å². The number of carbonyl (C=O) groups is 1. The molecule has 1 aliphatic heterocycles. The van der Waals surface area contributed by atoms with E-state index in [1.165, 1.54) is 10.9 Å². The van der Waals surface area contributed by atoms with Crippen LogP contribution in [0.15, 0.2) is 72.8 Å². The molecule has 0 saturated carbocycles. The Kier molecular flexibility index (Phi) is 6.03. The van der Waals surface area contributed by atoms with Gasteiger partial charge in [0.15, 0.2) is 0 Å². The van der Waals surface area contributed by atoms with E-state index in [4.69, 9.17) is 0 Å². The molecule has 1 saturated heterocycles. The van der Waals surface area contributed by atoms with Crippen LogP contribution < -0.4 is 5.32 Å². The van der Waals surface area contributed by atoms with Crippen LogP contribution in [0, 0.1) is 0 Å². The summed E-state index contributed by atoms with van der Waals surface area (Å²) >= 11 is 0. The lowest BCUT2D eigenvalue weighted by Gasteiger charge is -2.32. The van der Waals surface area contributed by atoms with E-state index in [1.807, 2.05) is 35.2 Å². The van der Waals surface area contributed by atoms with Crippen molar-refractivity contribution in [2.45, 2.75) is 31.7 Å². The van der Waals surface area contributed by atoms with Crippen LogP contribution in [0.4, 0.5) is 0 Å². The second-order valence-electron chi connectivity index (χ2n) is 7.67. The number of likely N-dealkylation sites (tertiary alicyclic amines) is 1. The van der Waals surface area contributed by atoms with Crippen molar-refractivity contribution in [1.82, 2.24) is 10.2 Å². The molecule has 1 aliphatic rings. The number of amides is 1. The Hall–Kier alpha value is -2.65. The predicted octanol–water partition coefficient (Wildman–Crippen LogP) is 4.67. The van der Waals surface area contributed by atoms with E-state index in [0.717, 1.165) is 56.3 Å². The van der Waals surface area contributed by atoms with Gasteiger partial charge in [-0.05, 0) is 60.7 Å². The first-order valence-corrected chi connectivity index (χ1v) is 10.3. The van der Waals surface area contributed by atoms with Crippen molar-refractivity contribution in [3.8, 4) is 0 Å². The molecular formula is C25H28N2O. The van der Waals surface area contributed by atoms with E-state index < -0.39 is 0 Å². The van der Waals surface area contributed by atoms with Gasteiger partial charge in [-0.2, -0.15) is 0 Å². The summed E-state index contributed by atoms with van der Waals surface area (Å²) in [6, 6.07) is 25.4. The average Bonchev–Trinajstić information content (AvgIpc) is 2.77. The number of rotatable bonds is 6. The number of nitrogens with one attached hydrogen (secondary N) is 1. The van der Waals surface area contributed by atoms with Crippen LogP contribution >= 0.6 is 0 Å². The van der Waals surface area contributed by atoms with Crippen LogP contribution in [0.2, 0.25) is 0 Å². The third kappa shape index (κ3) is 4.60. The Morgan fingerprint density at radius 1 is 0.893 bits per heavy atom. The highest BCUT2D eigenvalue weighted by Gasteiger charge is 2.23. The largest absolute Gasteiger partial charge is 0.339 e. The summed E-state index contributed by atoms with van der Waals surface area (Å²) in [6.07, 6.45) is 4.34. The number of carbonyl (C=O) groups excluding carboxylic acids is 1. The van der Waals surface area contributed by atoms with Gasteiger partial charge in [0.25, 0.3) is 5.91 Å². The van der Waals surface area contributed by atoms with Gasteiger partial charge in [0.1, 0.15) is 0 Å². The van der Waals surface area contributed by atoms with Crippen molar-refractivity contribution in [3.05, 3.63) is 83.9 Å². The molecule has 3 nitrogen and oxygen atoms in total. The molecular weight excluding hydrogens is 344 g/mol. The summed E-state index contributed by atoms with van der Waals surface area (Å²) < 4.78 is 0. The van der Waals surface area contributed by atoms with Gasteiger partial charge in [-0.25, -0.2) is 0 Å². The molecule has 0 spiro atoms. The molecule has 1 amide bonds. The zero-order chi connectivity index (χ0) is 19.2. The summed E-state index contributed by atoms with van der Waals surface area (Å²) in [4.78, 5) is 14.9. The van der Waals surface area contributed by atoms with Gasteiger partial charge in [-0.15, -0.1) is 0 Å². The minimum atomic E-state index is 0.160. The molecule has 144 valence electrons. The highest BCUT2D eigenvalue weighted by atomic mass is 16.2. The van der Waals surface area contributed by atoms with Gasteiger partial charge in [-0.3, -0.25) is 4.79 Å². The van der Waals surface area contributed by atoms with Gasteiger partial charge in [0.2, 0.25) is 0 Å². The van der Waals surface area contributed by atoms with E-state index in [-0.39, 0.29) is 5.91 Å². The Morgan fingerprint density at radius 3 is 2.39 bits per heavy atom. The molecule has 1 fully saturated rings. The second-order valence-corrected chi connectivity index (χ2v) is 7.67. The summed E-state index contributed by atoms with van der Waals surface area (Å²) in [5.41, 5.74) is 2.20. The molecule has 0 radical (unpaired) electrons. The van der Waals surface area contributed by atoms with Gasteiger partial charge >= 0.3 is 0 Å². The summed E-state index contributed by atoms with van der Waals surface area (Å²) in [7, 11) is 0. The Balaban J connectivity index is 1.23. The monoisotopic (exact) mass is 372 g/mol. The predicted molar refractivity (Wildman–Crippen MR) is 116 cm³/mol. The van der Waals surface area contributed by atoms with E-state index in [9.17, 15) is 4.79 Å². The van der Waals surface area contributed by atoms with Crippen LogP contribution in [-0.4, -0.2) is 36.5 Å². The lowest BCUT2D eigenvalue weighted by molar-refractivity contribution is 0.0705. The van der Waals surface area contributed by atoms with Crippen molar-refractivity contribution >= 4 is 16.7 Å². The fraction of sp³-hybridized carbons (Fsp3) is 0.320. The summed E-state index contributed by atoms with van der Waals surface area (Å²) in [5, 5.41) is 5.98. The Bertz CT molecular complexity index is 914. The first-order chi connectivity index (χ1) is 13.8. The van der Waals surface area contributed by atoms with Crippen molar-refractivity contribution < 1.29 is 4.79 Å². The quantitative estimate of drug-likeness (QED) is 0.638. The molecule has 1 N–H and O–H groups in total. The third-order valence-electron chi connectivity index (χ3n) is 5.70. The fourth-order valence-corrected chi connectivity index (χ4v) is 4.04. The van der Waals surface area contributed by atoms with Gasteiger partial charge in [0.05, 0.1) is 0 Å². The molecule has 4 rings (SSSR count). The maximum absolute atomic E-state index is 12.9. The minimum absolute atomic E-state index is 0.160. The number of hydrogen-bond donors (Lipinski definition) is 1. The standard InChI is InChI=1S/C25H28N2O/c28-25(23-13-12-21-10-4-5-11-22(21)19-23)27-17-14-24(15-18-27)26-16-6-9-20-7-2-1-3-8-20/h1-5,7-8,10-13,19,24,26H,6,9,14-18H2. The maximum atomic E-state index is 12.9. The lowest BCUT2D eigenvalue weighted by Crippen LogP contribution is -2.45. The molecule has 3 heteroatoms. The average molecular weight is 373 g/mol. The molecule has 1 heterocycles. The van der Waals surface area contributed by atoms with Gasteiger partial charge < -0.3 is 10.2 Å². The maximum Gasteiger partial charge on any atom is 0.253 e. The lowest BCUT2D eigenvalue weighted by atomic mass is 10.0. The normalized spacial score (nSPS) is 15.1. The second kappa shape index (κ2) is 9.03. The van der Waals surface area contributed by atoms with Gasteiger partial charge in [0, 0.05) is 24.7 Å². The first-order valence-electron chi connectivity index (χ1n) is 10.3. The Labute approximate surface area is 167 Å². The smallest absolute Gasteiger partial charge is 0.253 e. The summed E-state index contributed by atoms with van der Waals surface area (Å²) in [6.45, 7) is 2.71. The minimum Gasteiger partial charge on any atom is -0.339 e. The SMILES string of the molecule is O=C(c1ccc2ccccc2c1)N1CCC(NCCCc2ccccc2)CC1. The molecule has 0 bridgehead atoms. The van der Waals surface area contributed by atoms with E-state index in [1.54, 1.807) is 0 Å². The molecule has 0 atom stereocenters. The zero-order valence-electron chi connectivity index (χ0n) is 16.3. The molecule has 0 unspecified atom stereocenters. The number of piperidine rings is 1. The third-order valence-corrected chi connectivity index (χ3v) is 5.70. The van der Waals surface area contributed by atoms with Crippen LogP contribution in [0.1, 0.15) is 35.2 Å². The molecule has 3 aromatic rings. The zero-order valence-corrected chi connectivity index (χ0v) is 16.3. The Morgan fingerprint density at radius 2 is 1.61 bits per heavy atom. The van der Waals surface area contributed by atoms with Crippen molar-refractivity contribution in [3.63, 3.8) is 0 Å². The summed E-state index contributed by atoms with van der Waals surface area (Å²) in [5.74, 6) is 0.160. The van der Waals surface area contributed by atoms with E-state index in [2.05, 4.69) is 47.8 Å². The van der Waals surface area contributed by atoms with Crippen LogP contribution in [0.3, 0.4) is 0 Å².